The van der Waals surface area contributed by atoms with E-state index in [-0.39, 0.29) is 5.56 Å². The second-order valence-corrected chi connectivity index (χ2v) is 4.56. The third-order valence-electron chi connectivity index (χ3n) is 3.04. The zero-order chi connectivity index (χ0) is 12.4. The molecule has 1 aromatic heterocycles. The first-order valence-electron chi connectivity index (χ1n) is 5.95. The molecule has 90 valence electrons. The zero-order valence-electron chi connectivity index (χ0n) is 10.3. The fourth-order valence-corrected chi connectivity index (χ4v) is 2.19. The van der Waals surface area contributed by atoms with Gasteiger partial charge in [-0.1, -0.05) is 6.07 Å². The number of pyridine rings is 1. The highest BCUT2D eigenvalue weighted by Gasteiger charge is 2.05. The number of nitrogens with one attached hydrogen (secondary N) is 1. The smallest absolute Gasteiger partial charge is 0.251 e. The van der Waals surface area contributed by atoms with Crippen molar-refractivity contribution in [3.8, 4) is 0 Å². The molecular formula is C14H18N2O. The van der Waals surface area contributed by atoms with E-state index < -0.39 is 0 Å². The standard InChI is InChI=1S/C14H18N2O/c1-9-6-10(2)12-8-11(4-3-5-15)14(17)16-13(12)7-9/h6-8H,3-5,15H2,1-2H3,(H,16,17). The van der Waals surface area contributed by atoms with E-state index in [9.17, 15) is 4.79 Å². The molecule has 0 saturated carbocycles. The van der Waals surface area contributed by atoms with Crippen molar-refractivity contribution < 1.29 is 0 Å². The fraction of sp³-hybridized carbons (Fsp3) is 0.357. The van der Waals surface area contributed by atoms with Crippen molar-refractivity contribution in [3.63, 3.8) is 0 Å². The number of aromatic amines is 1. The van der Waals surface area contributed by atoms with Crippen molar-refractivity contribution in [3.05, 3.63) is 45.2 Å². The summed E-state index contributed by atoms with van der Waals surface area (Å²) in [7, 11) is 0. The Hall–Kier alpha value is -1.61. The number of aryl methyl sites for hydroxylation is 3. The Morgan fingerprint density at radius 1 is 1.24 bits per heavy atom. The van der Waals surface area contributed by atoms with Crippen molar-refractivity contribution in [2.24, 2.45) is 5.73 Å². The summed E-state index contributed by atoms with van der Waals surface area (Å²) in [4.78, 5) is 14.8. The van der Waals surface area contributed by atoms with Gasteiger partial charge in [0.15, 0.2) is 0 Å². The Balaban J connectivity index is 2.59. The first kappa shape index (κ1) is 11.9. The summed E-state index contributed by atoms with van der Waals surface area (Å²) < 4.78 is 0. The molecule has 1 aromatic carbocycles. The van der Waals surface area contributed by atoms with Gasteiger partial charge in [0.2, 0.25) is 0 Å². The van der Waals surface area contributed by atoms with Gasteiger partial charge in [-0.2, -0.15) is 0 Å². The van der Waals surface area contributed by atoms with Crippen LogP contribution in [0.25, 0.3) is 10.9 Å². The number of benzene rings is 1. The lowest BCUT2D eigenvalue weighted by Crippen LogP contribution is -2.14. The molecule has 0 spiro atoms. The fourth-order valence-electron chi connectivity index (χ4n) is 2.19. The minimum absolute atomic E-state index is 0.0101. The molecule has 0 fully saturated rings. The average Bonchev–Trinajstić information content (AvgIpc) is 2.26. The van der Waals surface area contributed by atoms with Crippen LogP contribution in [0.3, 0.4) is 0 Å². The topological polar surface area (TPSA) is 58.9 Å². The summed E-state index contributed by atoms with van der Waals surface area (Å²) in [6.45, 7) is 4.72. The minimum atomic E-state index is 0.0101. The number of H-pyrrole nitrogens is 1. The monoisotopic (exact) mass is 230 g/mol. The Morgan fingerprint density at radius 3 is 2.71 bits per heavy atom. The maximum absolute atomic E-state index is 11.9. The van der Waals surface area contributed by atoms with Crippen LogP contribution in [0, 0.1) is 13.8 Å². The number of fused-ring (bicyclic) bond motifs is 1. The summed E-state index contributed by atoms with van der Waals surface area (Å²) >= 11 is 0. The summed E-state index contributed by atoms with van der Waals surface area (Å²) in [5.74, 6) is 0. The van der Waals surface area contributed by atoms with Crippen LogP contribution in [0.1, 0.15) is 23.1 Å². The molecule has 1 heterocycles. The molecule has 3 heteroatoms. The number of hydrogen-bond donors (Lipinski definition) is 2. The van der Waals surface area contributed by atoms with Crippen LogP contribution in [0.15, 0.2) is 23.0 Å². The SMILES string of the molecule is Cc1cc(C)c2cc(CCCN)c(=O)[nH]c2c1. The van der Waals surface area contributed by atoms with Crippen LogP contribution < -0.4 is 11.3 Å². The normalized spacial score (nSPS) is 11.0. The maximum atomic E-state index is 11.9. The molecule has 0 unspecified atom stereocenters. The van der Waals surface area contributed by atoms with Gasteiger partial charge in [-0.15, -0.1) is 0 Å². The van der Waals surface area contributed by atoms with Crippen LogP contribution in [0.4, 0.5) is 0 Å². The van der Waals surface area contributed by atoms with Gasteiger partial charge in [-0.05, 0) is 56.5 Å². The Labute approximate surface area is 101 Å². The van der Waals surface area contributed by atoms with Crippen molar-refractivity contribution in [1.82, 2.24) is 4.98 Å². The van der Waals surface area contributed by atoms with Crippen molar-refractivity contribution in [1.29, 1.82) is 0 Å². The van der Waals surface area contributed by atoms with Gasteiger partial charge in [-0.25, -0.2) is 0 Å². The van der Waals surface area contributed by atoms with Gasteiger partial charge < -0.3 is 10.7 Å². The Morgan fingerprint density at radius 2 is 2.00 bits per heavy atom. The second-order valence-electron chi connectivity index (χ2n) is 4.56. The van der Waals surface area contributed by atoms with Gasteiger partial charge in [0.25, 0.3) is 5.56 Å². The quantitative estimate of drug-likeness (QED) is 0.847. The van der Waals surface area contributed by atoms with Gasteiger partial charge in [0.05, 0.1) is 0 Å². The molecule has 0 radical (unpaired) electrons. The van der Waals surface area contributed by atoms with Crippen molar-refractivity contribution in [2.75, 3.05) is 6.54 Å². The molecule has 3 nitrogen and oxygen atoms in total. The third-order valence-corrected chi connectivity index (χ3v) is 3.04. The minimum Gasteiger partial charge on any atom is -0.330 e. The first-order valence-corrected chi connectivity index (χ1v) is 5.95. The number of nitrogens with two attached hydrogens (primary N) is 1. The molecule has 3 N–H and O–H groups in total. The lowest BCUT2D eigenvalue weighted by atomic mass is 10.0. The highest BCUT2D eigenvalue weighted by Crippen LogP contribution is 2.18. The Kier molecular flexibility index (Phi) is 3.29. The van der Waals surface area contributed by atoms with E-state index in [0.29, 0.717) is 6.54 Å². The van der Waals surface area contributed by atoms with E-state index in [1.54, 1.807) is 0 Å². The molecule has 0 atom stereocenters. The lowest BCUT2D eigenvalue weighted by Gasteiger charge is -2.06. The zero-order valence-corrected chi connectivity index (χ0v) is 10.3. The van der Waals surface area contributed by atoms with E-state index in [2.05, 4.69) is 18.0 Å². The van der Waals surface area contributed by atoms with Crippen LogP contribution in [0.2, 0.25) is 0 Å². The van der Waals surface area contributed by atoms with Gasteiger partial charge in [0.1, 0.15) is 0 Å². The second kappa shape index (κ2) is 4.72. The molecule has 0 bridgehead atoms. The van der Waals surface area contributed by atoms with E-state index in [1.165, 1.54) is 11.1 Å². The largest absolute Gasteiger partial charge is 0.330 e. The van der Waals surface area contributed by atoms with Gasteiger partial charge in [0, 0.05) is 16.5 Å². The summed E-state index contributed by atoms with van der Waals surface area (Å²) in [6, 6.07) is 6.14. The molecule has 0 amide bonds. The molecule has 0 aliphatic rings. The maximum Gasteiger partial charge on any atom is 0.251 e. The average molecular weight is 230 g/mol. The third kappa shape index (κ3) is 2.39. The van der Waals surface area contributed by atoms with Gasteiger partial charge in [-0.3, -0.25) is 4.79 Å². The molecular weight excluding hydrogens is 212 g/mol. The molecule has 2 aromatic rings. The molecule has 0 aliphatic carbocycles. The summed E-state index contributed by atoms with van der Waals surface area (Å²) in [5, 5.41) is 1.13. The molecule has 17 heavy (non-hydrogen) atoms. The number of hydrogen-bond acceptors (Lipinski definition) is 2. The lowest BCUT2D eigenvalue weighted by molar-refractivity contribution is 0.824. The predicted molar refractivity (Wildman–Crippen MR) is 71.4 cm³/mol. The predicted octanol–water partition coefficient (Wildman–Crippen LogP) is 2.04. The van der Waals surface area contributed by atoms with Crippen molar-refractivity contribution >= 4 is 10.9 Å². The summed E-state index contributed by atoms with van der Waals surface area (Å²) in [6.07, 6.45) is 1.59. The van der Waals surface area contributed by atoms with E-state index in [1.807, 2.05) is 19.1 Å². The number of rotatable bonds is 3. The van der Waals surface area contributed by atoms with Gasteiger partial charge >= 0.3 is 0 Å². The molecule has 0 aliphatic heterocycles. The van der Waals surface area contributed by atoms with E-state index in [4.69, 9.17) is 5.73 Å². The van der Waals surface area contributed by atoms with Crippen LogP contribution in [0.5, 0.6) is 0 Å². The van der Waals surface area contributed by atoms with Crippen LogP contribution in [-0.4, -0.2) is 11.5 Å². The molecule has 0 saturated heterocycles. The van der Waals surface area contributed by atoms with E-state index >= 15 is 0 Å². The molecule has 2 rings (SSSR count). The highest BCUT2D eigenvalue weighted by molar-refractivity contribution is 5.83. The Bertz CT molecular complexity index is 599. The van der Waals surface area contributed by atoms with Crippen LogP contribution >= 0.6 is 0 Å². The van der Waals surface area contributed by atoms with Crippen molar-refractivity contribution in [2.45, 2.75) is 26.7 Å². The van der Waals surface area contributed by atoms with E-state index in [0.717, 1.165) is 29.3 Å². The highest BCUT2D eigenvalue weighted by atomic mass is 16.1. The first-order chi connectivity index (χ1) is 8.11. The number of aromatic nitrogens is 1. The van der Waals surface area contributed by atoms with Crippen LogP contribution in [-0.2, 0) is 6.42 Å². The summed E-state index contributed by atoms with van der Waals surface area (Å²) in [5.41, 5.74) is 9.60.